The normalized spacial score (nSPS) is 13.5. The van der Waals surface area contributed by atoms with Gasteiger partial charge in [0.15, 0.2) is 0 Å². The highest BCUT2D eigenvalue weighted by Crippen LogP contribution is 2.52. The predicted octanol–water partition coefficient (Wildman–Crippen LogP) is 16.0. The van der Waals surface area contributed by atoms with E-state index >= 15 is 0 Å². The molecule has 2 aliphatic rings. The van der Waals surface area contributed by atoms with Gasteiger partial charge in [0, 0.05) is 71.9 Å². The summed E-state index contributed by atoms with van der Waals surface area (Å²) in [5.74, 6) is 0. The van der Waals surface area contributed by atoms with Crippen molar-refractivity contribution in [1.29, 1.82) is 0 Å². The second-order valence-electron chi connectivity index (χ2n) is 18.9. The van der Waals surface area contributed by atoms with E-state index in [9.17, 15) is 4.11 Å². The largest absolute Gasteiger partial charge is 0.456 e. The van der Waals surface area contributed by atoms with E-state index < -0.39 is 6.71 Å². The molecule has 0 unspecified atom stereocenters. The summed E-state index contributed by atoms with van der Waals surface area (Å²) in [6.07, 6.45) is 0. The number of anilines is 6. The third-order valence-corrected chi connectivity index (χ3v) is 15.2. The fourth-order valence-corrected chi connectivity index (χ4v) is 12.3. The number of fused-ring (bicyclic) bond motifs is 13. The van der Waals surface area contributed by atoms with E-state index in [1.165, 1.54) is 0 Å². The van der Waals surface area contributed by atoms with Gasteiger partial charge in [-0.05, 0) is 106 Å². The third kappa shape index (κ3) is 5.43. The number of nitrogens with zero attached hydrogens (tertiary/aromatic N) is 3. The van der Waals surface area contributed by atoms with Crippen LogP contribution >= 0.6 is 0 Å². The highest BCUT2D eigenvalue weighted by molar-refractivity contribution is 7.00. The van der Waals surface area contributed by atoms with Crippen molar-refractivity contribution >= 4 is 123 Å². The van der Waals surface area contributed by atoms with Crippen LogP contribution in [-0.4, -0.2) is 11.3 Å². The lowest BCUT2D eigenvalue weighted by atomic mass is 9.33. The van der Waals surface area contributed by atoms with Crippen molar-refractivity contribution in [3.8, 4) is 27.9 Å². The molecule has 6 heteroatoms. The van der Waals surface area contributed by atoms with Crippen molar-refractivity contribution in [3.05, 3.63) is 243 Å². The molecule has 5 heterocycles. The Morgan fingerprint density at radius 2 is 0.833 bits per heavy atom. The Morgan fingerprint density at radius 1 is 0.361 bits per heavy atom. The molecule has 16 rings (SSSR count). The van der Waals surface area contributed by atoms with Crippen molar-refractivity contribution in [1.82, 2.24) is 4.57 Å². The van der Waals surface area contributed by atoms with Gasteiger partial charge in [-0.3, -0.25) is 0 Å². The number of benzene rings is 11. The molecular weight excluding hydrogens is 878 g/mol. The third-order valence-electron chi connectivity index (χ3n) is 15.2. The van der Waals surface area contributed by atoms with Crippen molar-refractivity contribution in [2.75, 3.05) is 9.80 Å². The topological polar surface area (TPSA) is 37.7 Å². The molecule has 0 aliphatic carbocycles. The standard InChI is InChI=1S/C66H40BN3O2/c1-3-18-41(19-4-1)62-53(36-38-60-64(62)46-24-9-15-32-58(46)71-60)69-52-29-14-11-26-48(52)67-49-35-34-43(68-50-27-12-7-22-44(50)45-23-8-13-28-51(45)68)40-57(49)70(56-31-17-30-55(69)66(56)67)54-37-39-61-65(47-25-10-16-33-59(47)72-61)63(54)42-20-5-2-6-21-42/h1-40H/i17D,30D,31D. The zero-order valence-electron chi connectivity index (χ0n) is 41.6. The molecule has 72 heavy (non-hydrogen) atoms. The maximum absolute atomic E-state index is 10.4. The fraction of sp³-hybridized carbons (Fsp3) is 0. The van der Waals surface area contributed by atoms with Crippen LogP contribution in [0.3, 0.4) is 0 Å². The molecule has 14 aromatic rings. The van der Waals surface area contributed by atoms with Crippen LogP contribution in [0.5, 0.6) is 0 Å². The summed E-state index contributed by atoms with van der Waals surface area (Å²) in [7, 11) is 0. The van der Waals surface area contributed by atoms with Gasteiger partial charge in [0.1, 0.15) is 22.3 Å². The average molecular weight is 921 g/mol. The molecule has 2 aliphatic heterocycles. The number of furan rings is 2. The van der Waals surface area contributed by atoms with Gasteiger partial charge >= 0.3 is 0 Å². The number of para-hydroxylation sites is 5. The molecule has 0 atom stereocenters. The average Bonchev–Trinajstić information content (AvgIpc) is 4.26. The smallest absolute Gasteiger partial charge is 0.252 e. The van der Waals surface area contributed by atoms with E-state index in [0.717, 1.165) is 133 Å². The molecule has 0 saturated heterocycles. The van der Waals surface area contributed by atoms with Gasteiger partial charge in [-0.2, -0.15) is 0 Å². The quantitative estimate of drug-likeness (QED) is 0.161. The molecule has 0 fully saturated rings. The lowest BCUT2D eigenvalue weighted by Gasteiger charge is -2.45. The Morgan fingerprint density at radius 3 is 1.42 bits per heavy atom. The number of rotatable bonds is 5. The Balaban J connectivity index is 1.06. The lowest BCUT2D eigenvalue weighted by molar-refractivity contribution is 0.668. The molecule has 0 saturated carbocycles. The molecule has 0 spiro atoms. The Labute approximate surface area is 418 Å². The van der Waals surface area contributed by atoms with Crippen molar-refractivity contribution < 1.29 is 12.9 Å². The van der Waals surface area contributed by atoms with Crippen LogP contribution in [0, 0.1) is 0 Å². The molecule has 0 N–H and O–H groups in total. The summed E-state index contributed by atoms with van der Waals surface area (Å²) in [6, 6.07) is 77.7. The summed E-state index contributed by atoms with van der Waals surface area (Å²) < 4.78 is 46.2. The second-order valence-corrected chi connectivity index (χ2v) is 18.9. The first-order chi connectivity index (χ1) is 37.0. The van der Waals surface area contributed by atoms with Crippen LogP contribution in [0.15, 0.2) is 251 Å². The van der Waals surface area contributed by atoms with E-state index in [1.807, 2.05) is 48.5 Å². The van der Waals surface area contributed by atoms with Crippen LogP contribution in [0.4, 0.5) is 34.1 Å². The van der Waals surface area contributed by atoms with Crippen LogP contribution in [0.1, 0.15) is 4.11 Å². The van der Waals surface area contributed by atoms with Crippen LogP contribution in [-0.2, 0) is 0 Å². The summed E-state index contributed by atoms with van der Waals surface area (Å²) in [5, 5.41) is 6.22. The molecule has 5 nitrogen and oxygen atoms in total. The first kappa shape index (κ1) is 36.5. The van der Waals surface area contributed by atoms with E-state index in [0.29, 0.717) is 11.4 Å². The van der Waals surface area contributed by atoms with Gasteiger partial charge in [-0.25, -0.2) is 0 Å². The Hall–Kier alpha value is -9.52. The van der Waals surface area contributed by atoms with Gasteiger partial charge in [0.05, 0.1) is 26.5 Å². The predicted molar refractivity (Wildman–Crippen MR) is 300 cm³/mol. The summed E-state index contributed by atoms with van der Waals surface area (Å²) in [6.45, 7) is -0.424. The fourth-order valence-electron chi connectivity index (χ4n) is 12.3. The maximum Gasteiger partial charge on any atom is 0.252 e. The van der Waals surface area contributed by atoms with Gasteiger partial charge in [-0.1, -0.05) is 164 Å². The van der Waals surface area contributed by atoms with E-state index in [-0.39, 0.29) is 18.1 Å². The van der Waals surface area contributed by atoms with Gasteiger partial charge in [0.2, 0.25) is 0 Å². The maximum atomic E-state index is 10.4. The summed E-state index contributed by atoms with van der Waals surface area (Å²) in [4.78, 5) is 4.44. The minimum absolute atomic E-state index is 0.0146. The molecule has 334 valence electrons. The molecule has 0 bridgehead atoms. The van der Waals surface area contributed by atoms with Gasteiger partial charge in [-0.15, -0.1) is 0 Å². The van der Waals surface area contributed by atoms with Crippen LogP contribution < -0.4 is 26.2 Å². The van der Waals surface area contributed by atoms with Crippen molar-refractivity contribution in [3.63, 3.8) is 0 Å². The Kier molecular flexibility index (Phi) is 7.59. The summed E-state index contributed by atoms with van der Waals surface area (Å²) >= 11 is 0. The minimum Gasteiger partial charge on any atom is -0.456 e. The SMILES string of the molecule is [2H]c1c([2H])c2c3c(c1[2H])N(c1ccc4oc5ccccc5c4c1-c1ccccc1)c1cc(-n4c5ccccc5c5ccccc54)ccc1B3c1ccccc1N2c1ccc2oc3ccccc3c2c1-c1ccccc1. The minimum atomic E-state index is -0.424. The zero-order valence-corrected chi connectivity index (χ0v) is 38.6. The van der Waals surface area contributed by atoms with E-state index in [2.05, 4.69) is 190 Å². The molecule has 3 aromatic heterocycles. The van der Waals surface area contributed by atoms with Crippen molar-refractivity contribution in [2.45, 2.75) is 0 Å². The highest BCUT2D eigenvalue weighted by Gasteiger charge is 2.44. The van der Waals surface area contributed by atoms with Gasteiger partial charge in [0.25, 0.3) is 6.71 Å². The first-order valence-corrected chi connectivity index (χ1v) is 24.5. The molecule has 0 radical (unpaired) electrons. The Bertz CT molecular complexity index is 4680. The molecule has 0 amide bonds. The van der Waals surface area contributed by atoms with E-state index in [1.54, 1.807) is 0 Å². The molecular formula is C66H40BN3O2. The van der Waals surface area contributed by atoms with E-state index in [4.69, 9.17) is 8.83 Å². The number of hydrogen-bond donors (Lipinski definition) is 0. The van der Waals surface area contributed by atoms with Gasteiger partial charge < -0.3 is 23.2 Å². The zero-order chi connectivity index (χ0) is 49.6. The molecule has 11 aromatic carbocycles. The number of hydrogen-bond acceptors (Lipinski definition) is 4. The van der Waals surface area contributed by atoms with Crippen LogP contribution in [0.25, 0.3) is 93.6 Å². The second kappa shape index (κ2) is 15.0. The lowest BCUT2D eigenvalue weighted by Crippen LogP contribution is -2.61. The monoisotopic (exact) mass is 920 g/mol. The summed E-state index contributed by atoms with van der Waals surface area (Å²) in [5.41, 5.74) is 17.5. The van der Waals surface area contributed by atoms with Crippen molar-refractivity contribution in [2.24, 2.45) is 0 Å². The highest BCUT2D eigenvalue weighted by atomic mass is 16.3. The number of aromatic nitrogens is 1. The first-order valence-electron chi connectivity index (χ1n) is 26.0. The van der Waals surface area contributed by atoms with Crippen LogP contribution in [0.2, 0.25) is 0 Å².